The average Bonchev–Trinajstić information content (AvgIpc) is 3.61. The first-order valence-corrected chi connectivity index (χ1v) is 13.4. The molecule has 3 heterocycles. The van der Waals surface area contributed by atoms with Crippen molar-refractivity contribution in [1.29, 1.82) is 0 Å². The second-order valence-corrected chi connectivity index (χ2v) is 10.6. The van der Waals surface area contributed by atoms with E-state index in [0.29, 0.717) is 12.5 Å². The maximum absolute atomic E-state index is 14.3. The van der Waals surface area contributed by atoms with Gasteiger partial charge in [-0.15, -0.1) is 0 Å². The number of anilines is 1. The van der Waals surface area contributed by atoms with E-state index in [4.69, 9.17) is 18.8 Å². The summed E-state index contributed by atoms with van der Waals surface area (Å²) in [5.41, 5.74) is 5.19. The number of para-hydroxylation sites is 1. The largest absolute Gasteiger partial charge is 0.373 e. The lowest BCUT2D eigenvalue weighted by atomic mass is 9.99. The Labute approximate surface area is 226 Å². The molecule has 2 bridgehead atoms. The highest BCUT2D eigenvalue weighted by atomic mass is 19.1. The van der Waals surface area contributed by atoms with Crippen molar-refractivity contribution in [2.45, 2.75) is 83.1 Å². The molecule has 2 aromatic carbocycles. The van der Waals surface area contributed by atoms with Crippen LogP contribution in [0.1, 0.15) is 66.9 Å². The van der Waals surface area contributed by atoms with E-state index in [-0.39, 0.29) is 36.1 Å². The van der Waals surface area contributed by atoms with Crippen LogP contribution in [0.5, 0.6) is 0 Å². The Balaban J connectivity index is 0.000000983. The molecule has 2 saturated heterocycles. The van der Waals surface area contributed by atoms with Crippen LogP contribution >= 0.6 is 0 Å². The Bertz CT molecular complexity index is 1340. The molecule has 6 rings (SSSR count). The summed E-state index contributed by atoms with van der Waals surface area (Å²) in [6.45, 7) is 4.36. The first-order valence-electron chi connectivity index (χ1n) is 13.4. The van der Waals surface area contributed by atoms with Crippen molar-refractivity contribution in [3.8, 4) is 11.3 Å². The van der Waals surface area contributed by atoms with Crippen molar-refractivity contribution in [2.24, 2.45) is 0 Å². The minimum atomic E-state index is -0.404. The number of aryl methyl sites for hydroxylation is 2. The molecule has 3 aliphatic rings. The molecule has 39 heavy (non-hydrogen) atoms. The third-order valence-electron chi connectivity index (χ3n) is 8.01. The fourth-order valence-electron chi connectivity index (χ4n) is 5.94. The number of hydrogen-bond acceptors (Lipinski definition) is 6. The minimum Gasteiger partial charge on any atom is -0.373 e. The van der Waals surface area contributed by atoms with Crippen LogP contribution in [0.2, 0.25) is 0 Å². The molecule has 0 radical (unpaired) electrons. The van der Waals surface area contributed by atoms with Crippen LogP contribution in [0, 0.1) is 19.7 Å². The molecule has 2 unspecified atom stereocenters. The second kappa shape index (κ2) is 11.5. The fourth-order valence-corrected chi connectivity index (χ4v) is 5.94. The van der Waals surface area contributed by atoms with Crippen molar-refractivity contribution in [3.63, 3.8) is 0 Å². The Morgan fingerprint density at radius 2 is 1.72 bits per heavy atom. The lowest BCUT2D eigenvalue weighted by molar-refractivity contribution is -0.191. The number of fused-ring (bicyclic) bond motifs is 2. The van der Waals surface area contributed by atoms with Gasteiger partial charge in [0.15, 0.2) is 0 Å². The molecular weight excluding hydrogens is 501 g/mol. The van der Waals surface area contributed by atoms with E-state index in [9.17, 15) is 9.18 Å². The number of urea groups is 1. The summed E-state index contributed by atoms with van der Waals surface area (Å²) in [7, 11) is 0. The lowest BCUT2D eigenvalue weighted by Crippen LogP contribution is -2.50. The van der Waals surface area contributed by atoms with Gasteiger partial charge in [0.25, 0.3) is 0 Å². The molecule has 2 amide bonds. The van der Waals surface area contributed by atoms with Crippen LogP contribution in [0.3, 0.4) is 0 Å². The maximum atomic E-state index is 14.3. The number of hydrogen-bond donors (Lipinski definition) is 1. The van der Waals surface area contributed by atoms with E-state index < -0.39 is 5.82 Å². The number of ether oxygens (including phenoxy) is 1. The predicted octanol–water partition coefficient (Wildman–Crippen LogP) is 6.14. The first kappa shape index (κ1) is 26.8. The van der Waals surface area contributed by atoms with Gasteiger partial charge in [-0.3, -0.25) is 0 Å². The van der Waals surface area contributed by atoms with Crippen LogP contribution in [-0.4, -0.2) is 40.4 Å². The Hall–Kier alpha value is -3.81. The minimum absolute atomic E-state index is 0.0634. The summed E-state index contributed by atoms with van der Waals surface area (Å²) in [5, 5.41) is 7.28. The van der Waals surface area contributed by atoms with Crippen molar-refractivity contribution in [1.82, 2.24) is 10.1 Å². The van der Waals surface area contributed by atoms with Crippen LogP contribution < -0.4 is 5.32 Å². The first-order chi connectivity index (χ1) is 18.9. The van der Waals surface area contributed by atoms with E-state index in [1.165, 1.54) is 6.07 Å². The number of carbonyl (C=O) groups is 1. The summed E-state index contributed by atoms with van der Waals surface area (Å²) >= 11 is 0. The molecule has 2 atom stereocenters. The summed E-state index contributed by atoms with van der Waals surface area (Å²) < 4.78 is 26.6. The Morgan fingerprint density at radius 3 is 2.36 bits per heavy atom. The number of benzene rings is 2. The van der Waals surface area contributed by atoms with Crippen molar-refractivity contribution < 1.29 is 28.0 Å². The number of carbonyl (C=O) groups excluding carboxylic acids is 3. The van der Waals surface area contributed by atoms with Crippen LogP contribution in [-0.2, 0) is 20.9 Å². The highest BCUT2D eigenvalue weighted by Gasteiger charge is 2.44. The summed E-state index contributed by atoms with van der Waals surface area (Å²) in [6, 6.07) is 13.1. The highest BCUT2D eigenvalue weighted by molar-refractivity contribution is 5.91. The summed E-state index contributed by atoms with van der Waals surface area (Å²) in [4.78, 5) is 31.3. The topological polar surface area (TPSA) is 102 Å². The smallest absolute Gasteiger partial charge is 0.373 e. The van der Waals surface area contributed by atoms with Gasteiger partial charge in [0.1, 0.15) is 17.3 Å². The SMILES string of the molecule is Cc1ccccc1-c1noc(C2CC2)c1COC1CC2CCC(C1)N2C(=O)Nc1c(C)cccc1F.O=C=O. The van der Waals surface area contributed by atoms with Gasteiger partial charge >= 0.3 is 12.2 Å². The summed E-state index contributed by atoms with van der Waals surface area (Å²) in [6.07, 6.45) is 6.04. The van der Waals surface area contributed by atoms with E-state index in [1.54, 1.807) is 19.1 Å². The van der Waals surface area contributed by atoms with Gasteiger partial charge in [-0.25, -0.2) is 9.18 Å². The Kier molecular flexibility index (Phi) is 7.91. The zero-order chi connectivity index (χ0) is 27.5. The highest BCUT2D eigenvalue weighted by Crippen LogP contribution is 2.45. The van der Waals surface area contributed by atoms with Gasteiger partial charge < -0.3 is 19.5 Å². The number of nitrogens with zero attached hydrogens (tertiary/aromatic N) is 2. The molecule has 8 nitrogen and oxygen atoms in total. The molecule has 3 fully saturated rings. The van der Waals surface area contributed by atoms with Gasteiger partial charge in [0.05, 0.1) is 18.4 Å². The molecule has 2 aliphatic heterocycles. The zero-order valence-electron chi connectivity index (χ0n) is 22.1. The zero-order valence-corrected chi connectivity index (χ0v) is 22.1. The molecule has 1 saturated carbocycles. The molecule has 204 valence electrons. The third kappa shape index (κ3) is 5.65. The number of aromatic nitrogens is 1. The van der Waals surface area contributed by atoms with Crippen molar-refractivity contribution in [2.75, 3.05) is 5.32 Å². The Morgan fingerprint density at radius 1 is 1.05 bits per heavy atom. The van der Waals surface area contributed by atoms with Crippen LogP contribution in [0.15, 0.2) is 47.0 Å². The normalized spacial score (nSPS) is 21.6. The van der Waals surface area contributed by atoms with Gasteiger partial charge in [-0.1, -0.05) is 41.6 Å². The van der Waals surface area contributed by atoms with Gasteiger partial charge in [-0.2, -0.15) is 9.59 Å². The third-order valence-corrected chi connectivity index (χ3v) is 8.01. The fraction of sp³-hybridized carbons (Fsp3) is 0.433. The van der Waals surface area contributed by atoms with Gasteiger partial charge in [0, 0.05) is 29.1 Å². The van der Waals surface area contributed by atoms with Crippen molar-refractivity contribution >= 4 is 17.9 Å². The standard InChI is InChI=1S/C29H32FN3O3.CO2/c1-17-6-3-4-8-23(17)27-24(28(36-32-27)19-10-11-19)16-35-22-14-20-12-13-21(15-22)33(20)29(34)31-26-18(2)7-5-9-25(26)30;2-1-3/h3-9,19-22H,10-16H2,1-2H3,(H,31,34);. The second-order valence-electron chi connectivity index (χ2n) is 10.6. The van der Waals surface area contributed by atoms with E-state index in [0.717, 1.165) is 72.2 Å². The lowest BCUT2D eigenvalue weighted by Gasteiger charge is -2.38. The molecule has 3 aromatic rings. The van der Waals surface area contributed by atoms with Gasteiger partial charge in [0.2, 0.25) is 0 Å². The molecule has 0 spiro atoms. The maximum Gasteiger partial charge on any atom is 0.373 e. The molecule has 1 aromatic heterocycles. The van der Waals surface area contributed by atoms with Gasteiger partial charge in [-0.05, 0) is 69.6 Å². The van der Waals surface area contributed by atoms with E-state index >= 15 is 0 Å². The van der Waals surface area contributed by atoms with E-state index in [2.05, 4.69) is 29.5 Å². The molecule has 1 aliphatic carbocycles. The molecular formula is C30H32FN3O5. The van der Waals surface area contributed by atoms with Crippen LogP contribution in [0.25, 0.3) is 11.3 Å². The molecule has 1 N–H and O–H groups in total. The summed E-state index contributed by atoms with van der Waals surface area (Å²) in [5.74, 6) is 1.00. The number of rotatable bonds is 6. The number of piperidine rings is 1. The number of nitrogens with one attached hydrogen (secondary N) is 1. The average molecular weight is 534 g/mol. The number of amides is 2. The number of halogens is 1. The predicted molar refractivity (Wildman–Crippen MR) is 140 cm³/mol. The molecule has 9 heteroatoms. The quantitative estimate of drug-likeness (QED) is 0.409. The van der Waals surface area contributed by atoms with Crippen molar-refractivity contribution in [3.05, 3.63) is 70.7 Å². The monoisotopic (exact) mass is 533 g/mol. The van der Waals surface area contributed by atoms with E-state index in [1.807, 2.05) is 17.0 Å². The van der Waals surface area contributed by atoms with Crippen LogP contribution in [0.4, 0.5) is 14.9 Å².